The Morgan fingerprint density at radius 2 is 2.00 bits per heavy atom. The number of oxazole rings is 1. The third-order valence-corrected chi connectivity index (χ3v) is 4.10. The molecule has 2 aromatic heterocycles. The van der Waals surface area contributed by atoms with Crippen LogP contribution in [-0.4, -0.2) is 9.97 Å². The molecule has 0 atom stereocenters. The molecule has 0 bridgehead atoms. The third-order valence-electron chi connectivity index (χ3n) is 4.10. The lowest BCUT2D eigenvalue weighted by atomic mass is 9.93. The van der Waals surface area contributed by atoms with Crippen molar-refractivity contribution in [3.8, 4) is 0 Å². The Labute approximate surface area is 148 Å². The maximum atomic E-state index is 5.67. The standard InChI is InChI=1S/C21H23N3O/c1-4-6-9-17(18-10-7-8-14(3)23-18)16(5-2)15-11-12-20-19(13-15)24-21(22)25-20/h5,7-13H,4,6H2,1-3H3,(H2,22,24)/b16-5-,17-9+. The second-order valence-electron chi connectivity index (χ2n) is 6.01. The molecule has 0 radical (unpaired) electrons. The van der Waals surface area contributed by atoms with Gasteiger partial charge in [-0.2, -0.15) is 4.98 Å². The van der Waals surface area contributed by atoms with E-state index in [4.69, 9.17) is 15.1 Å². The molecular formula is C21H23N3O. The van der Waals surface area contributed by atoms with Gasteiger partial charge in [-0.3, -0.25) is 4.98 Å². The predicted octanol–water partition coefficient (Wildman–Crippen LogP) is 5.40. The van der Waals surface area contributed by atoms with Gasteiger partial charge in [0.2, 0.25) is 0 Å². The molecule has 0 amide bonds. The Morgan fingerprint density at radius 1 is 1.16 bits per heavy atom. The van der Waals surface area contributed by atoms with Crippen molar-refractivity contribution < 1.29 is 4.42 Å². The summed E-state index contributed by atoms with van der Waals surface area (Å²) in [6.07, 6.45) is 6.47. The average molecular weight is 333 g/mol. The molecule has 0 fully saturated rings. The Balaban J connectivity index is 2.10. The van der Waals surface area contributed by atoms with Crippen molar-refractivity contribution in [1.29, 1.82) is 0 Å². The fourth-order valence-electron chi connectivity index (χ4n) is 2.92. The van der Waals surface area contributed by atoms with Crippen molar-refractivity contribution in [1.82, 2.24) is 9.97 Å². The highest BCUT2D eigenvalue weighted by molar-refractivity contribution is 6.05. The zero-order valence-corrected chi connectivity index (χ0v) is 14.9. The van der Waals surface area contributed by atoms with Crippen molar-refractivity contribution in [2.45, 2.75) is 33.6 Å². The molecule has 2 N–H and O–H groups in total. The lowest BCUT2D eigenvalue weighted by Gasteiger charge is -2.13. The Kier molecular flexibility index (Phi) is 4.98. The normalized spacial score (nSPS) is 12.8. The number of nitrogens with zero attached hydrogens (tertiary/aromatic N) is 2. The lowest BCUT2D eigenvalue weighted by Crippen LogP contribution is -1.96. The molecule has 1 aromatic carbocycles. The number of pyridine rings is 1. The van der Waals surface area contributed by atoms with Crippen LogP contribution in [0, 0.1) is 6.92 Å². The number of nitrogens with two attached hydrogens (primary N) is 1. The Bertz CT molecular complexity index is 951. The highest BCUT2D eigenvalue weighted by Gasteiger charge is 2.13. The number of nitrogen functional groups attached to an aromatic ring is 1. The van der Waals surface area contributed by atoms with E-state index in [-0.39, 0.29) is 6.01 Å². The third kappa shape index (κ3) is 3.63. The van der Waals surface area contributed by atoms with Crippen LogP contribution in [0.25, 0.3) is 22.2 Å². The van der Waals surface area contributed by atoms with Crippen LogP contribution in [-0.2, 0) is 0 Å². The lowest BCUT2D eigenvalue weighted by molar-refractivity contribution is 0.626. The summed E-state index contributed by atoms with van der Waals surface area (Å²) in [4.78, 5) is 8.97. The summed E-state index contributed by atoms with van der Waals surface area (Å²) in [5, 5.41) is 0. The minimum atomic E-state index is 0.191. The van der Waals surface area contributed by atoms with Crippen LogP contribution in [0.4, 0.5) is 6.01 Å². The van der Waals surface area contributed by atoms with Crippen molar-refractivity contribution >= 4 is 28.3 Å². The quantitative estimate of drug-likeness (QED) is 0.635. The largest absolute Gasteiger partial charge is 0.424 e. The van der Waals surface area contributed by atoms with Gasteiger partial charge in [0.25, 0.3) is 6.01 Å². The van der Waals surface area contributed by atoms with Crippen LogP contribution in [0.3, 0.4) is 0 Å². The monoisotopic (exact) mass is 333 g/mol. The van der Waals surface area contributed by atoms with Crippen LogP contribution in [0.1, 0.15) is 43.6 Å². The molecule has 4 nitrogen and oxygen atoms in total. The minimum Gasteiger partial charge on any atom is -0.424 e. The van der Waals surface area contributed by atoms with E-state index in [2.05, 4.69) is 30.1 Å². The van der Waals surface area contributed by atoms with Crippen LogP contribution >= 0.6 is 0 Å². The summed E-state index contributed by atoms with van der Waals surface area (Å²) in [6, 6.07) is 12.3. The van der Waals surface area contributed by atoms with E-state index < -0.39 is 0 Å². The summed E-state index contributed by atoms with van der Waals surface area (Å²) >= 11 is 0. The van der Waals surface area contributed by atoms with Crippen LogP contribution in [0.5, 0.6) is 0 Å². The molecular weight excluding hydrogens is 310 g/mol. The maximum absolute atomic E-state index is 5.67. The molecule has 3 aromatic rings. The van der Waals surface area contributed by atoms with Crippen LogP contribution < -0.4 is 5.73 Å². The molecule has 0 aliphatic rings. The molecule has 0 unspecified atom stereocenters. The van der Waals surface area contributed by atoms with Gasteiger partial charge in [-0.1, -0.05) is 37.6 Å². The van der Waals surface area contributed by atoms with Gasteiger partial charge in [-0.15, -0.1) is 0 Å². The molecule has 3 rings (SSSR count). The number of benzene rings is 1. The van der Waals surface area contributed by atoms with Gasteiger partial charge in [0.05, 0.1) is 5.69 Å². The average Bonchev–Trinajstić information content (AvgIpc) is 2.97. The zero-order chi connectivity index (χ0) is 17.8. The first-order valence-corrected chi connectivity index (χ1v) is 8.59. The van der Waals surface area contributed by atoms with Crippen molar-refractivity contribution in [2.75, 3.05) is 5.73 Å². The highest BCUT2D eigenvalue weighted by Crippen LogP contribution is 2.33. The van der Waals surface area contributed by atoms with Gasteiger partial charge in [0, 0.05) is 11.3 Å². The summed E-state index contributed by atoms with van der Waals surface area (Å²) in [5.74, 6) is 0. The van der Waals surface area contributed by atoms with Gasteiger partial charge in [-0.25, -0.2) is 0 Å². The summed E-state index contributed by atoms with van der Waals surface area (Å²) in [7, 11) is 0. The second-order valence-corrected chi connectivity index (χ2v) is 6.01. The van der Waals surface area contributed by atoms with E-state index in [0.29, 0.717) is 5.58 Å². The van der Waals surface area contributed by atoms with Crippen molar-refractivity contribution in [3.63, 3.8) is 0 Å². The fraction of sp³-hybridized carbons (Fsp3) is 0.238. The molecule has 0 aliphatic heterocycles. The zero-order valence-electron chi connectivity index (χ0n) is 14.9. The van der Waals surface area contributed by atoms with E-state index >= 15 is 0 Å². The van der Waals surface area contributed by atoms with Gasteiger partial charge in [0.15, 0.2) is 5.58 Å². The number of unbranched alkanes of at least 4 members (excludes halogenated alkanes) is 1. The summed E-state index contributed by atoms with van der Waals surface area (Å²) in [6.45, 7) is 6.24. The van der Waals surface area contributed by atoms with Crippen LogP contribution in [0.15, 0.2) is 53.0 Å². The van der Waals surface area contributed by atoms with E-state index in [1.165, 1.54) is 0 Å². The molecule has 4 heteroatoms. The van der Waals surface area contributed by atoms with Crippen molar-refractivity contribution in [2.24, 2.45) is 0 Å². The van der Waals surface area contributed by atoms with E-state index in [0.717, 1.165) is 46.5 Å². The number of rotatable bonds is 5. The Morgan fingerprint density at radius 3 is 2.72 bits per heavy atom. The molecule has 0 saturated carbocycles. The van der Waals surface area contributed by atoms with Gasteiger partial charge >= 0.3 is 0 Å². The number of anilines is 1. The predicted molar refractivity (Wildman–Crippen MR) is 104 cm³/mol. The maximum Gasteiger partial charge on any atom is 0.292 e. The molecule has 0 saturated heterocycles. The van der Waals surface area contributed by atoms with E-state index in [9.17, 15) is 0 Å². The van der Waals surface area contributed by atoms with E-state index in [1.807, 2.05) is 44.2 Å². The van der Waals surface area contributed by atoms with Crippen molar-refractivity contribution in [3.05, 3.63) is 65.5 Å². The number of aryl methyl sites for hydroxylation is 1. The van der Waals surface area contributed by atoms with Gasteiger partial charge in [0.1, 0.15) is 5.52 Å². The summed E-state index contributed by atoms with van der Waals surface area (Å²) in [5.41, 5.74) is 12.5. The number of hydrogen-bond donors (Lipinski definition) is 1. The topological polar surface area (TPSA) is 64.9 Å². The number of hydrogen-bond acceptors (Lipinski definition) is 4. The SMILES string of the molecule is C/C=C(\C(=C/CCC)c1cccc(C)n1)c1ccc2oc(N)nc2c1. The number of allylic oxidation sites excluding steroid dienone is 4. The van der Waals surface area contributed by atoms with Gasteiger partial charge in [-0.05, 0) is 55.7 Å². The first-order valence-electron chi connectivity index (χ1n) is 8.59. The molecule has 128 valence electrons. The molecule has 0 aliphatic carbocycles. The number of fused-ring (bicyclic) bond motifs is 1. The second kappa shape index (κ2) is 7.34. The van der Waals surface area contributed by atoms with Gasteiger partial charge < -0.3 is 10.2 Å². The summed E-state index contributed by atoms with van der Waals surface area (Å²) < 4.78 is 5.38. The molecule has 25 heavy (non-hydrogen) atoms. The molecule has 0 spiro atoms. The first-order chi connectivity index (χ1) is 12.1. The smallest absolute Gasteiger partial charge is 0.292 e. The number of aromatic nitrogens is 2. The van der Waals surface area contributed by atoms with Crippen LogP contribution in [0.2, 0.25) is 0 Å². The minimum absolute atomic E-state index is 0.191. The highest BCUT2D eigenvalue weighted by atomic mass is 16.4. The fourth-order valence-corrected chi connectivity index (χ4v) is 2.92. The van der Waals surface area contributed by atoms with E-state index in [1.54, 1.807) is 0 Å². The first kappa shape index (κ1) is 17.0. The molecule has 2 heterocycles. The Hall–Kier alpha value is -2.88.